The van der Waals surface area contributed by atoms with Crippen molar-refractivity contribution in [3.05, 3.63) is 57.6 Å². The van der Waals surface area contributed by atoms with Gasteiger partial charge in [0.25, 0.3) is 5.91 Å². The number of methoxy groups -OCH3 is 1. The Morgan fingerprint density at radius 2 is 1.88 bits per heavy atom. The molecule has 10 heteroatoms. The number of nitrogens with two attached hydrogens (primary N) is 1. The summed E-state index contributed by atoms with van der Waals surface area (Å²) in [7, 11) is 4.33. The molecule has 0 saturated heterocycles. The molecule has 0 fully saturated rings. The number of aliphatic hydroxyl groups excluding tert-OH is 2. The molecule has 10 nitrogen and oxygen atoms in total. The Kier molecular flexibility index (Phi) is 5.18. The van der Waals surface area contributed by atoms with Crippen LogP contribution < -0.4 is 5.73 Å². The summed E-state index contributed by atoms with van der Waals surface area (Å²) in [6.45, 7) is 0. The summed E-state index contributed by atoms with van der Waals surface area (Å²) in [6.07, 6.45) is 0.299. The maximum Gasteiger partial charge on any atom is 0.338 e. The Hall–Kier alpha value is -3.50. The van der Waals surface area contributed by atoms with Crippen molar-refractivity contribution in [2.45, 2.75) is 24.5 Å². The maximum atomic E-state index is 13.5. The second-order valence-electron chi connectivity index (χ2n) is 8.79. The van der Waals surface area contributed by atoms with Gasteiger partial charge >= 0.3 is 5.97 Å². The van der Waals surface area contributed by atoms with Gasteiger partial charge in [0.1, 0.15) is 17.1 Å². The maximum absolute atomic E-state index is 13.5. The van der Waals surface area contributed by atoms with Crippen molar-refractivity contribution in [1.82, 2.24) is 4.90 Å². The summed E-state index contributed by atoms with van der Waals surface area (Å²) in [4.78, 5) is 52.4. The smallest absolute Gasteiger partial charge is 0.338 e. The average Bonchev–Trinajstić information content (AvgIpc) is 2.74. The van der Waals surface area contributed by atoms with E-state index in [4.69, 9.17) is 10.5 Å². The first kappa shape index (κ1) is 22.7. The molecule has 0 heterocycles. The minimum absolute atomic E-state index is 0.00404. The van der Waals surface area contributed by atoms with E-state index in [0.29, 0.717) is 5.56 Å². The van der Waals surface area contributed by atoms with Gasteiger partial charge in [-0.1, -0.05) is 12.1 Å². The fraction of sp³-hybridized carbons (Fsp3) is 0.391. The highest BCUT2D eigenvalue weighted by Gasteiger charge is 2.63. The fourth-order valence-electron chi connectivity index (χ4n) is 5.49. The summed E-state index contributed by atoms with van der Waals surface area (Å²) in [5, 5.41) is 33.4. The average molecular weight is 456 g/mol. The molecule has 0 radical (unpaired) electrons. The number of ketones is 2. The second kappa shape index (κ2) is 7.53. The third kappa shape index (κ3) is 2.94. The van der Waals surface area contributed by atoms with Crippen LogP contribution in [0.4, 0.5) is 0 Å². The van der Waals surface area contributed by atoms with Crippen LogP contribution >= 0.6 is 0 Å². The number of rotatable bonds is 3. The van der Waals surface area contributed by atoms with Gasteiger partial charge in [0.15, 0.2) is 11.4 Å². The molecule has 4 rings (SSSR count). The predicted octanol–water partition coefficient (Wildman–Crippen LogP) is 0.202. The summed E-state index contributed by atoms with van der Waals surface area (Å²) < 4.78 is 4.76. The van der Waals surface area contributed by atoms with Gasteiger partial charge in [0, 0.05) is 17.1 Å². The number of aliphatic hydroxyl groups is 3. The van der Waals surface area contributed by atoms with Crippen LogP contribution in [-0.2, 0) is 20.7 Å². The lowest BCUT2D eigenvalue weighted by molar-refractivity contribution is -0.148. The normalized spacial score (nSPS) is 28.9. The summed E-state index contributed by atoms with van der Waals surface area (Å²) in [5.41, 5.74) is 2.24. The second-order valence-corrected chi connectivity index (χ2v) is 8.79. The molecule has 1 aromatic rings. The molecule has 3 aliphatic rings. The van der Waals surface area contributed by atoms with E-state index in [-0.39, 0.29) is 29.5 Å². The minimum atomic E-state index is -2.65. The zero-order valence-electron chi connectivity index (χ0n) is 18.3. The molecular formula is C23H24N2O8. The van der Waals surface area contributed by atoms with Crippen LogP contribution in [0.25, 0.3) is 0 Å². The number of primary amides is 1. The molecule has 5 N–H and O–H groups in total. The zero-order valence-corrected chi connectivity index (χ0v) is 18.3. The molecule has 1 aromatic carbocycles. The highest BCUT2D eigenvalue weighted by molar-refractivity contribution is 6.25. The number of allylic oxidation sites excluding steroid dienone is 1. The van der Waals surface area contributed by atoms with E-state index in [1.54, 1.807) is 26.2 Å². The van der Waals surface area contributed by atoms with E-state index in [1.807, 2.05) is 0 Å². The highest BCUT2D eigenvalue weighted by Crippen LogP contribution is 2.51. The number of amides is 1. The monoisotopic (exact) mass is 456 g/mol. The van der Waals surface area contributed by atoms with Crippen LogP contribution in [0.15, 0.2) is 40.9 Å². The van der Waals surface area contributed by atoms with E-state index >= 15 is 0 Å². The van der Waals surface area contributed by atoms with E-state index in [2.05, 4.69) is 0 Å². The summed E-state index contributed by atoms with van der Waals surface area (Å²) >= 11 is 0. The quantitative estimate of drug-likeness (QED) is 0.367. The third-order valence-electron chi connectivity index (χ3n) is 6.89. The van der Waals surface area contributed by atoms with Crippen LogP contribution in [0.2, 0.25) is 0 Å². The SMILES string of the molecule is COC(=O)c1cccc2c1C(=O)C1=C(O)[C@]3(O)C(=O)C(C(N)=O)=C(O)[C@@H](N(C)C)[C@@H]3C[C@@H]1C2. The van der Waals surface area contributed by atoms with E-state index < -0.39 is 64.0 Å². The molecule has 0 aromatic heterocycles. The summed E-state index contributed by atoms with van der Waals surface area (Å²) in [6, 6.07) is 3.70. The van der Waals surface area contributed by atoms with E-state index in [0.717, 1.165) is 0 Å². The van der Waals surface area contributed by atoms with Crippen molar-refractivity contribution < 1.29 is 39.2 Å². The van der Waals surface area contributed by atoms with E-state index in [9.17, 15) is 34.5 Å². The number of nitrogens with zero attached hydrogens (tertiary/aromatic N) is 1. The summed E-state index contributed by atoms with van der Waals surface area (Å²) in [5.74, 6) is -7.10. The highest BCUT2D eigenvalue weighted by atomic mass is 16.5. The van der Waals surface area contributed by atoms with Crippen molar-refractivity contribution in [2.75, 3.05) is 21.2 Å². The van der Waals surface area contributed by atoms with Crippen molar-refractivity contribution in [2.24, 2.45) is 17.6 Å². The number of hydrogen-bond donors (Lipinski definition) is 4. The third-order valence-corrected chi connectivity index (χ3v) is 6.89. The predicted molar refractivity (Wildman–Crippen MR) is 113 cm³/mol. The molecule has 0 saturated carbocycles. The van der Waals surface area contributed by atoms with Crippen molar-refractivity contribution >= 4 is 23.4 Å². The number of Topliss-reactive ketones (excluding diaryl/α,β-unsaturated/α-hetero) is 2. The first-order valence-corrected chi connectivity index (χ1v) is 10.3. The lowest BCUT2D eigenvalue weighted by Gasteiger charge is -2.50. The molecule has 33 heavy (non-hydrogen) atoms. The van der Waals surface area contributed by atoms with Crippen LogP contribution in [0.1, 0.15) is 32.7 Å². The van der Waals surface area contributed by atoms with Gasteiger partial charge < -0.3 is 25.8 Å². The van der Waals surface area contributed by atoms with Crippen LogP contribution in [0.5, 0.6) is 0 Å². The molecular weight excluding hydrogens is 432 g/mol. The van der Waals surface area contributed by atoms with Gasteiger partial charge in [-0.15, -0.1) is 0 Å². The van der Waals surface area contributed by atoms with Crippen molar-refractivity contribution in [3.63, 3.8) is 0 Å². The van der Waals surface area contributed by atoms with Gasteiger partial charge in [-0.3, -0.25) is 19.3 Å². The topological polar surface area (TPSA) is 167 Å². The van der Waals surface area contributed by atoms with Crippen molar-refractivity contribution in [1.29, 1.82) is 0 Å². The number of carbonyl (C=O) groups is 4. The number of carbonyl (C=O) groups excluding carboxylic acids is 4. The molecule has 174 valence electrons. The largest absolute Gasteiger partial charge is 0.510 e. The molecule has 1 amide bonds. The molecule has 4 atom stereocenters. The number of fused-ring (bicyclic) bond motifs is 3. The number of esters is 1. The Bertz CT molecular complexity index is 1180. The van der Waals surface area contributed by atoms with Gasteiger partial charge in [-0.25, -0.2) is 4.79 Å². The van der Waals surface area contributed by atoms with Crippen LogP contribution in [0, 0.1) is 11.8 Å². The Labute approximate surface area is 188 Å². The van der Waals surface area contributed by atoms with Gasteiger partial charge in [0.2, 0.25) is 5.78 Å². The number of likely N-dealkylation sites (N-methyl/N-ethyl adjacent to an activating group) is 1. The fourth-order valence-corrected chi connectivity index (χ4v) is 5.49. The number of benzene rings is 1. The first-order chi connectivity index (χ1) is 15.5. The molecule has 0 unspecified atom stereocenters. The van der Waals surface area contributed by atoms with Crippen molar-refractivity contribution in [3.8, 4) is 0 Å². The first-order valence-electron chi connectivity index (χ1n) is 10.3. The Balaban J connectivity index is 1.96. The van der Waals surface area contributed by atoms with Gasteiger partial charge in [-0.2, -0.15) is 0 Å². The molecule has 0 aliphatic heterocycles. The molecule has 0 bridgehead atoms. The zero-order chi connectivity index (χ0) is 24.4. The number of hydrogen-bond acceptors (Lipinski definition) is 9. The lowest BCUT2D eigenvalue weighted by Crippen LogP contribution is -2.63. The Morgan fingerprint density at radius 1 is 1.21 bits per heavy atom. The Morgan fingerprint density at radius 3 is 2.45 bits per heavy atom. The standard InChI is InChI=1S/C23H24N2O8/c1-25(2)16-12-8-10-7-9-5-4-6-11(22(31)33-3)13(9)17(26)14(10)19(28)23(12,32)20(29)15(18(16)27)21(24)30/h4-6,10,12,16,27-28,32H,7-8H2,1-3H3,(H2,24,30)/t10-,12-,16-,23-/m0/s1. The molecule has 0 spiro atoms. The van der Waals surface area contributed by atoms with Gasteiger partial charge in [0.05, 0.1) is 18.7 Å². The number of ether oxygens (including phenoxy) is 1. The van der Waals surface area contributed by atoms with Crippen LogP contribution in [0.3, 0.4) is 0 Å². The molecule has 3 aliphatic carbocycles. The van der Waals surface area contributed by atoms with Crippen LogP contribution in [-0.4, -0.2) is 76.5 Å². The van der Waals surface area contributed by atoms with E-state index in [1.165, 1.54) is 18.1 Å². The lowest BCUT2D eigenvalue weighted by atomic mass is 9.58. The minimum Gasteiger partial charge on any atom is -0.510 e. The van der Waals surface area contributed by atoms with Gasteiger partial charge in [-0.05, 0) is 44.5 Å².